The second-order valence-electron chi connectivity index (χ2n) is 5.15. The van der Waals surface area contributed by atoms with Crippen LogP contribution in [0.2, 0.25) is 10.0 Å². The smallest absolute Gasteiger partial charge is 1.00 e. The average molecular weight is 500 g/mol. The molecule has 6 nitrogen and oxygen atoms in total. The third-order valence-corrected chi connectivity index (χ3v) is 3.80. The van der Waals surface area contributed by atoms with E-state index >= 15 is 0 Å². The van der Waals surface area contributed by atoms with Gasteiger partial charge >= 0.3 is 41.1 Å². The van der Waals surface area contributed by atoms with Crippen LogP contribution in [0.4, 0.5) is 0 Å². The minimum Gasteiger partial charge on any atom is -1.00 e. The molecule has 4 aromatic rings. The molecule has 28 heavy (non-hydrogen) atoms. The summed E-state index contributed by atoms with van der Waals surface area (Å²) in [5, 5.41) is 2.25. The van der Waals surface area contributed by atoms with Crippen molar-refractivity contribution in [2.45, 2.75) is 20.4 Å². The number of hydrogen-bond donors (Lipinski definition) is 1. The number of benzene rings is 2. The van der Waals surface area contributed by atoms with E-state index in [0.29, 0.717) is 33.3 Å². The van der Waals surface area contributed by atoms with Crippen molar-refractivity contribution in [1.82, 2.24) is 9.55 Å². The first-order chi connectivity index (χ1) is 12.9. The number of halogens is 3. The summed E-state index contributed by atoms with van der Waals surface area (Å²) in [6.07, 6.45) is 0. The monoisotopic (exact) mass is 498 g/mol. The zero-order valence-electron chi connectivity index (χ0n) is 16.6. The minimum absolute atomic E-state index is 0. The molecule has 10 heteroatoms. The maximum Gasteiger partial charge on any atom is 1.00 e. The van der Waals surface area contributed by atoms with Crippen LogP contribution in [0.5, 0.6) is 0 Å². The predicted octanol–water partition coefficient (Wildman–Crippen LogP) is 2.56. The molecule has 0 atom stereocenters. The van der Waals surface area contributed by atoms with Crippen LogP contribution in [0.15, 0.2) is 54.8 Å². The second-order valence-corrected chi connectivity index (χ2v) is 7.14. The average Bonchev–Trinajstić information content (AvgIpc) is 3.13. The van der Waals surface area contributed by atoms with Gasteiger partial charge in [0.2, 0.25) is 0 Å². The van der Waals surface area contributed by atoms with Crippen molar-refractivity contribution in [1.29, 1.82) is 0 Å². The van der Waals surface area contributed by atoms with E-state index in [-0.39, 0.29) is 36.7 Å². The molecule has 0 aliphatic heterocycles. The van der Waals surface area contributed by atoms with Gasteiger partial charge in [-0.05, 0) is 43.3 Å². The number of alkyl halides is 1. The zero-order chi connectivity index (χ0) is 20.0. The van der Waals surface area contributed by atoms with E-state index in [1.54, 1.807) is 41.0 Å². The van der Waals surface area contributed by atoms with Crippen molar-refractivity contribution in [3.63, 3.8) is 0 Å². The molecule has 2 heterocycles. The Hall–Kier alpha value is -0.960. The summed E-state index contributed by atoms with van der Waals surface area (Å²) in [6.45, 7) is 4.52. The van der Waals surface area contributed by atoms with Crippen molar-refractivity contribution >= 4 is 61.3 Å². The van der Waals surface area contributed by atoms with Gasteiger partial charge in [-0.3, -0.25) is 9.55 Å². The molecule has 0 saturated carbocycles. The number of aryl methyl sites for hydroxylation is 1. The van der Waals surface area contributed by atoms with Crippen LogP contribution in [-0.2, 0) is 6.54 Å². The number of oxazole rings is 2. The van der Waals surface area contributed by atoms with Crippen LogP contribution in [0.25, 0.3) is 22.2 Å². The largest absolute Gasteiger partial charge is 1.00 e. The fourth-order valence-electron chi connectivity index (χ4n) is 2.26. The molecule has 0 fully saturated rings. The molecule has 0 bridgehead atoms. The van der Waals surface area contributed by atoms with Gasteiger partial charge in [0.1, 0.15) is 0 Å². The predicted molar refractivity (Wildman–Crippen MR) is 114 cm³/mol. The molecular weight excluding hydrogens is 482 g/mol. The summed E-state index contributed by atoms with van der Waals surface area (Å²) in [5.74, 6) is -0.790. The third-order valence-electron chi connectivity index (χ3n) is 3.33. The van der Waals surface area contributed by atoms with Crippen LogP contribution < -0.4 is 41.1 Å². The molecule has 1 N–H and O–H groups in total. The SMILES string of the molecule is CCBr.CCn1c(=O)oc2ccc(Cl)cc21.O=c1[nH]c2cc(Cl)ccc2o1.[H-].[Na+]. The van der Waals surface area contributed by atoms with Gasteiger partial charge < -0.3 is 10.3 Å². The van der Waals surface area contributed by atoms with Crippen LogP contribution in [-0.4, -0.2) is 14.9 Å². The number of nitrogens with one attached hydrogen (secondary N) is 1. The Balaban J connectivity index is 0.000000453. The van der Waals surface area contributed by atoms with Crippen molar-refractivity contribution in [2.24, 2.45) is 0 Å². The molecule has 2 aromatic heterocycles. The van der Waals surface area contributed by atoms with Gasteiger partial charge in [0, 0.05) is 21.9 Å². The summed E-state index contributed by atoms with van der Waals surface area (Å²) >= 11 is 14.6. The van der Waals surface area contributed by atoms with Crippen LogP contribution in [0.1, 0.15) is 15.3 Å². The molecule has 0 radical (unpaired) electrons. The molecule has 0 aliphatic carbocycles. The first-order valence-electron chi connectivity index (χ1n) is 8.02. The Kier molecular flexibility index (Phi) is 10.7. The number of rotatable bonds is 1. The molecule has 0 aliphatic rings. The van der Waals surface area contributed by atoms with Gasteiger partial charge in [-0.1, -0.05) is 46.1 Å². The van der Waals surface area contributed by atoms with Crippen molar-refractivity contribution < 1.29 is 39.8 Å². The number of fused-ring (bicyclic) bond motifs is 2. The Morgan fingerprint density at radius 2 is 1.61 bits per heavy atom. The summed E-state index contributed by atoms with van der Waals surface area (Å²) in [5.41, 5.74) is 2.48. The van der Waals surface area contributed by atoms with E-state index < -0.39 is 5.76 Å². The van der Waals surface area contributed by atoms with Gasteiger partial charge in [-0.2, -0.15) is 0 Å². The van der Waals surface area contributed by atoms with E-state index in [1.807, 2.05) is 13.8 Å². The van der Waals surface area contributed by atoms with E-state index in [0.717, 1.165) is 10.8 Å². The molecule has 4 rings (SSSR count). The molecule has 0 spiro atoms. The molecular formula is C18H18BrCl2N2NaO4. The van der Waals surface area contributed by atoms with E-state index in [2.05, 4.69) is 20.9 Å². The number of hydrogen-bond acceptors (Lipinski definition) is 4. The van der Waals surface area contributed by atoms with Gasteiger partial charge in [-0.25, -0.2) is 9.59 Å². The van der Waals surface area contributed by atoms with Crippen molar-refractivity contribution in [3.05, 3.63) is 67.5 Å². The van der Waals surface area contributed by atoms with E-state index in [4.69, 9.17) is 32.0 Å². The zero-order valence-corrected chi connectivity index (χ0v) is 20.7. The molecule has 0 unspecified atom stereocenters. The molecule has 0 amide bonds. The molecule has 2 aromatic carbocycles. The quantitative estimate of drug-likeness (QED) is 0.322. The minimum atomic E-state index is -0.456. The standard InChI is InChI=1S/C9H8ClNO2.C7H4ClNO2.C2H5Br.Na.H/c1-2-11-7-5-6(10)3-4-8(7)13-9(11)12;8-4-1-2-6-5(3-4)9-7(10)11-6;1-2-3;;/h3-5H,2H2,1H3;1-3H,(H,9,10);2H2,1H3;;/q;;;+1;-1. The fourth-order valence-corrected chi connectivity index (χ4v) is 2.60. The van der Waals surface area contributed by atoms with E-state index in [9.17, 15) is 9.59 Å². The van der Waals surface area contributed by atoms with E-state index in [1.165, 1.54) is 0 Å². The fraction of sp³-hybridized carbons (Fsp3) is 0.222. The second kappa shape index (κ2) is 11.9. The van der Waals surface area contributed by atoms with Gasteiger partial charge in [0.15, 0.2) is 11.2 Å². The number of aromatic amines is 1. The Bertz CT molecular complexity index is 1160. The van der Waals surface area contributed by atoms with Crippen molar-refractivity contribution in [2.75, 3.05) is 5.33 Å². The Morgan fingerprint density at radius 3 is 2.21 bits per heavy atom. The summed E-state index contributed by atoms with van der Waals surface area (Å²) in [6, 6.07) is 10.1. The number of nitrogens with zero attached hydrogens (tertiary/aromatic N) is 1. The summed E-state index contributed by atoms with van der Waals surface area (Å²) in [7, 11) is 0. The number of aromatic nitrogens is 2. The normalized spacial score (nSPS) is 9.89. The molecule has 146 valence electrons. The van der Waals surface area contributed by atoms with Gasteiger partial charge in [0.25, 0.3) is 0 Å². The number of H-pyrrole nitrogens is 1. The first-order valence-corrected chi connectivity index (χ1v) is 9.90. The maximum atomic E-state index is 11.2. The Labute approximate surface area is 202 Å². The topological polar surface area (TPSA) is 81.1 Å². The molecule has 0 saturated heterocycles. The van der Waals surface area contributed by atoms with Crippen LogP contribution >= 0.6 is 39.1 Å². The van der Waals surface area contributed by atoms with Gasteiger partial charge in [0.05, 0.1) is 11.0 Å². The Morgan fingerprint density at radius 1 is 1.04 bits per heavy atom. The third kappa shape index (κ3) is 6.54. The van der Waals surface area contributed by atoms with Crippen molar-refractivity contribution in [3.8, 4) is 0 Å². The summed E-state index contributed by atoms with van der Waals surface area (Å²) in [4.78, 5) is 24.4. The van der Waals surface area contributed by atoms with Crippen LogP contribution in [0.3, 0.4) is 0 Å². The summed E-state index contributed by atoms with van der Waals surface area (Å²) < 4.78 is 11.3. The van der Waals surface area contributed by atoms with Gasteiger partial charge in [-0.15, -0.1) is 0 Å². The van der Waals surface area contributed by atoms with Crippen LogP contribution in [0, 0.1) is 0 Å². The maximum absolute atomic E-state index is 11.2. The first kappa shape index (κ1) is 25.1.